The first-order valence-corrected chi connectivity index (χ1v) is 6.68. The lowest BCUT2D eigenvalue weighted by Crippen LogP contribution is -2.09. The average Bonchev–Trinajstić information content (AvgIpc) is 2.42. The molecule has 0 aliphatic carbocycles. The molecule has 0 saturated carbocycles. The Hall–Kier alpha value is -1.16. The first-order valence-electron chi connectivity index (χ1n) is 5.89. The minimum absolute atomic E-state index is 0.191. The summed E-state index contributed by atoms with van der Waals surface area (Å²) < 4.78 is 24.1. The van der Waals surface area contributed by atoms with Crippen molar-refractivity contribution in [2.75, 3.05) is 38.8 Å². The molecular formula is C13H16BrFN2O2. The van der Waals surface area contributed by atoms with Crippen LogP contribution in [0.2, 0.25) is 0 Å². The highest BCUT2D eigenvalue weighted by Crippen LogP contribution is 2.26. The molecule has 0 atom stereocenters. The van der Waals surface area contributed by atoms with Crippen LogP contribution in [0.4, 0.5) is 10.1 Å². The molecule has 1 aromatic rings. The second-order valence-electron chi connectivity index (χ2n) is 3.79. The van der Waals surface area contributed by atoms with E-state index in [9.17, 15) is 4.39 Å². The summed E-state index contributed by atoms with van der Waals surface area (Å²) in [5.74, 6) is -0.445. The van der Waals surface area contributed by atoms with Gasteiger partial charge < -0.3 is 14.8 Å². The molecule has 19 heavy (non-hydrogen) atoms. The van der Waals surface area contributed by atoms with Gasteiger partial charge in [0, 0.05) is 20.3 Å². The summed E-state index contributed by atoms with van der Waals surface area (Å²) in [5, 5.41) is 11.7. The van der Waals surface area contributed by atoms with Gasteiger partial charge in [-0.3, -0.25) is 0 Å². The molecule has 1 rings (SSSR count). The van der Waals surface area contributed by atoms with Crippen molar-refractivity contribution in [3.63, 3.8) is 0 Å². The molecule has 0 bridgehead atoms. The monoisotopic (exact) mass is 330 g/mol. The molecule has 0 saturated heterocycles. The smallest absolute Gasteiger partial charge is 0.161 e. The molecule has 0 unspecified atom stereocenters. The van der Waals surface area contributed by atoms with Crippen molar-refractivity contribution in [2.45, 2.75) is 6.42 Å². The van der Waals surface area contributed by atoms with Gasteiger partial charge in [0.1, 0.15) is 6.07 Å². The van der Waals surface area contributed by atoms with Crippen molar-refractivity contribution in [1.82, 2.24) is 0 Å². The Morgan fingerprint density at radius 1 is 1.37 bits per heavy atom. The van der Waals surface area contributed by atoms with Crippen LogP contribution < -0.4 is 5.32 Å². The number of nitrogens with zero attached hydrogens (tertiary/aromatic N) is 1. The average molecular weight is 331 g/mol. The fourth-order valence-corrected chi connectivity index (χ4v) is 1.85. The van der Waals surface area contributed by atoms with Crippen LogP contribution in [0.5, 0.6) is 0 Å². The van der Waals surface area contributed by atoms with Crippen LogP contribution in [0.15, 0.2) is 16.6 Å². The molecular weight excluding hydrogens is 315 g/mol. The van der Waals surface area contributed by atoms with Gasteiger partial charge in [0.2, 0.25) is 0 Å². The predicted molar refractivity (Wildman–Crippen MR) is 74.6 cm³/mol. The number of benzene rings is 1. The number of rotatable bonds is 8. The Bertz CT molecular complexity index is 449. The third-order valence-corrected chi connectivity index (χ3v) is 3.19. The second-order valence-corrected chi connectivity index (χ2v) is 4.58. The third kappa shape index (κ3) is 5.15. The zero-order valence-corrected chi connectivity index (χ0v) is 12.3. The number of ether oxygens (including phenoxy) is 2. The highest BCUT2D eigenvalue weighted by molar-refractivity contribution is 9.10. The van der Waals surface area contributed by atoms with Gasteiger partial charge in [-0.25, -0.2) is 4.39 Å². The van der Waals surface area contributed by atoms with Gasteiger partial charge in [0.25, 0.3) is 0 Å². The molecule has 0 aliphatic heterocycles. The minimum atomic E-state index is -0.445. The summed E-state index contributed by atoms with van der Waals surface area (Å²) in [6.45, 7) is 2.33. The van der Waals surface area contributed by atoms with Gasteiger partial charge in [-0.2, -0.15) is 5.26 Å². The Labute approximate surface area is 120 Å². The summed E-state index contributed by atoms with van der Waals surface area (Å²) in [6, 6.07) is 5.05. The molecule has 0 aromatic heterocycles. The molecule has 0 heterocycles. The van der Waals surface area contributed by atoms with Gasteiger partial charge in [-0.05, 0) is 34.5 Å². The molecule has 104 valence electrons. The second kappa shape index (κ2) is 8.86. The highest BCUT2D eigenvalue weighted by Gasteiger charge is 2.10. The number of nitriles is 1. The standard InChI is InChI=1S/C13H16BrFN2O2/c1-18-7-8-19-6-2-5-17-11-4-3-10(9-16)12(14)13(11)15/h3-4,17H,2,5-8H2,1H3. The van der Waals surface area contributed by atoms with Crippen molar-refractivity contribution >= 4 is 21.6 Å². The molecule has 0 amide bonds. The van der Waals surface area contributed by atoms with Gasteiger partial charge in [-0.1, -0.05) is 0 Å². The van der Waals surface area contributed by atoms with E-state index in [4.69, 9.17) is 14.7 Å². The molecule has 1 N–H and O–H groups in total. The summed E-state index contributed by atoms with van der Waals surface area (Å²) in [6.07, 6.45) is 0.765. The van der Waals surface area contributed by atoms with Crippen molar-refractivity contribution < 1.29 is 13.9 Å². The Morgan fingerprint density at radius 2 is 2.16 bits per heavy atom. The van der Waals surface area contributed by atoms with Crippen molar-refractivity contribution in [3.8, 4) is 6.07 Å². The zero-order valence-electron chi connectivity index (χ0n) is 10.7. The van der Waals surface area contributed by atoms with E-state index >= 15 is 0 Å². The van der Waals surface area contributed by atoms with Crippen LogP contribution in [-0.2, 0) is 9.47 Å². The number of hydrogen-bond donors (Lipinski definition) is 1. The largest absolute Gasteiger partial charge is 0.383 e. The lowest BCUT2D eigenvalue weighted by Gasteiger charge is -2.09. The van der Waals surface area contributed by atoms with Crippen LogP contribution in [-0.4, -0.2) is 33.5 Å². The van der Waals surface area contributed by atoms with E-state index < -0.39 is 5.82 Å². The van der Waals surface area contributed by atoms with Crippen molar-refractivity contribution in [1.29, 1.82) is 5.26 Å². The number of hydrogen-bond acceptors (Lipinski definition) is 4. The molecule has 6 heteroatoms. The summed E-state index contributed by atoms with van der Waals surface area (Å²) >= 11 is 3.07. The van der Waals surface area contributed by atoms with Crippen LogP contribution in [0.1, 0.15) is 12.0 Å². The maximum absolute atomic E-state index is 13.8. The quantitative estimate of drug-likeness (QED) is 0.744. The van der Waals surface area contributed by atoms with Crippen LogP contribution in [0, 0.1) is 17.1 Å². The molecule has 0 spiro atoms. The van der Waals surface area contributed by atoms with Crippen molar-refractivity contribution in [2.24, 2.45) is 0 Å². The van der Waals surface area contributed by atoms with Crippen LogP contribution in [0.3, 0.4) is 0 Å². The normalized spacial score (nSPS) is 10.2. The fraction of sp³-hybridized carbons (Fsp3) is 0.462. The van der Waals surface area contributed by atoms with E-state index in [1.807, 2.05) is 6.07 Å². The predicted octanol–water partition coefficient (Wildman–Crippen LogP) is 2.92. The topological polar surface area (TPSA) is 54.3 Å². The molecule has 1 aromatic carbocycles. The van der Waals surface area contributed by atoms with Crippen LogP contribution in [0.25, 0.3) is 0 Å². The van der Waals surface area contributed by atoms with E-state index in [0.717, 1.165) is 6.42 Å². The van der Waals surface area contributed by atoms with E-state index in [0.29, 0.717) is 32.1 Å². The van der Waals surface area contributed by atoms with Crippen LogP contribution >= 0.6 is 15.9 Å². The number of anilines is 1. The summed E-state index contributed by atoms with van der Waals surface area (Å²) in [4.78, 5) is 0. The lowest BCUT2D eigenvalue weighted by atomic mass is 10.2. The fourth-order valence-electron chi connectivity index (χ4n) is 1.41. The first kappa shape index (κ1) is 15.9. The molecule has 0 fully saturated rings. The van der Waals surface area contributed by atoms with Gasteiger partial charge in [-0.15, -0.1) is 0 Å². The summed E-state index contributed by atoms with van der Waals surface area (Å²) in [7, 11) is 1.62. The maximum Gasteiger partial charge on any atom is 0.161 e. The number of halogens is 2. The number of methoxy groups -OCH3 is 1. The van der Waals surface area contributed by atoms with Gasteiger partial charge in [0.15, 0.2) is 5.82 Å². The maximum atomic E-state index is 13.8. The SMILES string of the molecule is COCCOCCCNc1ccc(C#N)c(Br)c1F. The van der Waals surface area contributed by atoms with Gasteiger partial charge >= 0.3 is 0 Å². The highest BCUT2D eigenvalue weighted by atomic mass is 79.9. The van der Waals surface area contributed by atoms with Gasteiger partial charge in [0.05, 0.1) is 28.9 Å². The van der Waals surface area contributed by atoms with E-state index in [-0.39, 0.29) is 10.0 Å². The Balaban J connectivity index is 2.34. The molecule has 4 nitrogen and oxygen atoms in total. The first-order chi connectivity index (χ1) is 9.20. The molecule has 0 aliphatic rings. The van der Waals surface area contributed by atoms with Crippen molar-refractivity contribution in [3.05, 3.63) is 28.0 Å². The minimum Gasteiger partial charge on any atom is -0.383 e. The Kier molecular flexibility index (Phi) is 7.41. The summed E-state index contributed by atoms with van der Waals surface area (Å²) in [5.41, 5.74) is 0.661. The zero-order chi connectivity index (χ0) is 14.1. The van der Waals surface area contributed by atoms with E-state index in [1.165, 1.54) is 0 Å². The van der Waals surface area contributed by atoms with E-state index in [2.05, 4.69) is 21.2 Å². The number of nitrogens with one attached hydrogen (secondary N) is 1. The lowest BCUT2D eigenvalue weighted by molar-refractivity contribution is 0.0705. The Morgan fingerprint density at radius 3 is 2.84 bits per heavy atom. The molecule has 0 radical (unpaired) electrons. The van der Waals surface area contributed by atoms with E-state index in [1.54, 1.807) is 19.2 Å². The third-order valence-electron chi connectivity index (χ3n) is 2.42.